The molecule has 1 unspecified atom stereocenters. The highest BCUT2D eigenvalue weighted by atomic mass is 16.7. The fourth-order valence-corrected chi connectivity index (χ4v) is 3.30. The summed E-state index contributed by atoms with van der Waals surface area (Å²) >= 11 is 0. The zero-order chi connectivity index (χ0) is 8.78. The van der Waals surface area contributed by atoms with Crippen LogP contribution in [-0.2, 0) is 9.47 Å². The van der Waals surface area contributed by atoms with Crippen molar-refractivity contribution in [2.45, 2.75) is 31.5 Å². The van der Waals surface area contributed by atoms with E-state index in [9.17, 15) is 0 Å². The summed E-state index contributed by atoms with van der Waals surface area (Å²) in [6.07, 6.45) is 4.88. The Bertz CT molecular complexity index is 172. The normalized spacial score (nSPS) is 42.5. The van der Waals surface area contributed by atoms with Crippen LogP contribution in [-0.4, -0.2) is 32.1 Å². The van der Waals surface area contributed by atoms with E-state index >= 15 is 0 Å². The van der Waals surface area contributed by atoms with Gasteiger partial charge in [0.2, 0.25) is 0 Å². The lowest BCUT2D eigenvalue weighted by Crippen LogP contribution is -2.46. The quantitative estimate of drug-likeness (QED) is 0.605. The van der Waals surface area contributed by atoms with Gasteiger partial charge in [-0.2, -0.15) is 0 Å². The fraction of sp³-hybridized carbons (Fsp3) is 1.00. The number of nitrogens with one attached hydrogen (secondary N) is 1. The van der Waals surface area contributed by atoms with Crippen molar-refractivity contribution >= 4 is 0 Å². The third kappa shape index (κ3) is 0.953. The summed E-state index contributed by atoms with van der Waals surface area (Å²) in [7, 11) is 0. The van der Waals surface area contributed by atoms with E-state index in [2.05, 4.69) is 5.32 Å². The molecule has 3 aliphatic rings. The van der Waals surface area contributed by atoms with E-state index in [0.29, 0.717) is 5.41 Å². The van der Waals surface area contributed by atoms with Gasteiger partial charge in [0.1, 0.15) is 0 Å². The predicted molar refractivity (Wildman–Crippen MR) is 48.4 cm³/mol. The van der Waals surface area contributed by atoms with E-state index in [1.54, 1.807) is 0 Å². The molecule has 3 rings (SSSR count). The summed E-state index contributed by atoms with van der Waals surface area (Å²) in [5.41, 5.74) is 0.309. The van der Waals surface area contributed by atoms with Crippen LogP contribution in [0.4, 0.5) is 0 Å². The molecule has 3 nitrogen and oxygen atoms in total. The van der Waals surface area contributed by atoms with Gasteiger partial charge >= 0.3 is 0 Å². The first-order chi connectivity index (χ1) is 6.37. The lowest BCUT2D eigenvalue weighted by molar-refractivity contribution is -0.215. The number of ether oxygens (including phenoxy) is 2. The Labute approximate surface area is 78.8 Å². The smallest absolute Gasteiger partial charge is 0.175 e. The molecule has 2 aliphatic heterocycles. The lowest BCUT2D eigenvalue weighted by atomic mass is 9.80. The summed E-state index contributed by atoms with van der Waals surface area (Å²) in [6, 6.07) is 0. The van der Waals surface area contributed by atoms with E-state index in [4.69, 9.17) is 9.47 Å². The van der Waals surface area contributed by atoms with Gasteiger partial charge in [-0.25, -0.2) is 0 Å². The molecule has 0 radical (unpaired) electrons. The van der Waals surface area contributed by atoms with Crippen molar-refractivity contribution in [3.05, 3.63) is 0 Å². The van der Waals surface area contributed by atoms with Crippen molar-refractivity contribution in [2.24, 2.45) is 5.41 Å². The van der Waals surface area contributed by atoms with E-state index in [1.165, 1.54) is 19.3 Å². The van der Waals surface area contributed by atoms with Gasteiger partial charge in [-0.1, -0.05) is 0 Å². The van der Waals surface area contributed by atoms with Gasteiger partial charge < -0.3 is 14.8 Å². The van der Waals surface area contributed by atoms with Crippen molar-refractivity contribution in [1.29, 1.82) is 0 Å². The van der Waals surface area contributed by atoms with Crippen molar-refractivity contribution < 1.29 is 9.47 Å². The molecule has 2 saturated heterocycles. The maximum atomic E-state index is 5.88. The first-order valence-electron chi connectivity index (χ1n) is 5.36. The molecule has 3 heteroatoms. The van der Waals surface area contributed by atoms with Crippen LogP contribution in [0.1, 0.15) is 25.7 Å². The Hall–Kier alpha value is -0.120. The van der Waals surface area contributed by atoms with E-state index in [1.807, 2.05) is 0 Å². The van der Waals surface area contributed by atoms with Gasteiger partial charge in [-0.3, -0.25) is 0 Å². The van der Waals surface area contributed by atoms with Gasteiger partial charge in [0.25, 0.3) is 0 Å². The topological polar surface area (TPSA) is 30.5 Å². The molecule has 0 bridgehead atoms. The van der Waals surface area contributed by atoms with Gasteiger partial charge in [-0.05, 0) is 25.8 Å². The molecule has 0 amide bonds. The standard InChI is InChI=1S/C10H17NO2/c1-2-9(4-5-11-8-9)10(3-1)12-6-7-13-10/h11H,1-8H2. The first-order valence-corrected chi connectivity index (χ1v) is 5.36. The van der Waals surface area contributed by atoms with Gasteiger partial charge in [0.15, 0.2) is 5.79 Å². The summed E-state index contributed by atoms with van der Waals surface area (Å²) in [5, 5.41) is 3.45. The molecule has 0 aromatic heterocycles. The second-order valence-electron chi connectivity index (χ2n) is 4.51. The number of hydrogen-bond acceptors (Lipinski definition) is 3. The molecular weight excluding hydrogens is 166 g/mol. The van der Waals surface area contributed by atoms with Crippen molar-refractivity contribution in [2.75, 3.05) is 26.3 Å². The van der Waals surface area contributed by atoms with E-state index < -0.39 is 0 Å². The third-order valence-corrected chi connectivity index (χ3v) is 3.97. The molecule has 2 heterocycles. The maximum Gasteiger partial charge on any atom is 0.175 e. The second kappa shape index (κ2) is 2.69. The van der Waals surface area contributed by atoms with Crippen LogP contribution in [0, 0.1) is 5.41 Å². The van der Waals surface area contributed by atoms with Crippen LogP contribution in [0.2, 0.25) is 0 Å². The molecule has 13 heavy (non-hydrogen) atoms. The summed E-state index contributed by atoms with van der Waals surface area (Å²) in [5.74, 6) is -0.198. The minimum absolute atomic E-state index is 0.198. The van der Waals surface area contributed by atoms with E-state index in [-0.39, 0.29) is 5.79 Å². The summed E-state index contributed by atoms with van der Waals surface area (Å²) in [4.78, 5) is 0. The predicted octanol–water partition coefficient (Wildman–Crippen LogP) is 0.893. The average molecular weight is 183 g/mol. The Morgan fingerprint density at radius 1 is 1.00 bits per heavy atom. The van der Waals surface area contributed by atoms with Crippen LogP contribution < -0.4 is 5.32 Å². The minimum Gasteiger partial charge on any atom is -0.347 e. The van der Waals surface area contributed by atoms with Crippen LogP contribution >= 0.6 is 0 Å². The molecule has 0 aromatic carbocycles. The molecular formula is C10H17NO2. The number of fused-ring (bicyclic) bond motifs is 1. The largest absolute Gasteiger partial charge is 0.347 e. The fourth-order valence-electron chi connectivity index (χ4n) is 3.30. The number of rotatable bonds is 0. The third-order valence-electron chi connectivity index (χ3n) is 3.97. The van der Waals surface area contributed by atoms with Crippen LogP contribution in [0.25, 0.3) is 0 Å². The SMILES string of the molecule is C1CC2(CCNC2)C2(C1)OCCO2. The van der Waals surface area contributed by atoms with E-state index in [0.717, 1.165) is 32.7 Å². The molecule has 2 spiro atoms. The van der Waals surface area contributed by atoms with Crippen LogP contribution in [0.3, 0.4) is 0 Å². The lowest BCUT2D eigenvalue weighted by Gasteiger charge is -2.38. The summed E-state index contributed by atoms with van der Waals surface area (Å²) < 4.78 is 11.8. The van der Waals surface area contributed by atoms with Crippen LogP contribution in [0.5, 0.6) is 0 Å². The first kappa shape index (κ1) is 8.21. The number of hydrogen-bond donors (Lipinski definition) is 1. The Kier molecular flexibility index (Phi) is 1.70. The zero-order valence-electron chi connectivity index (χ0n) is 7.97. The minimum atomic E-state index is -0.198. The van der Waals surface area contributed by atoms with Crippen molar-refractivity contribution in [3.63, 3.8) is 0 Å². The van der Waals surface area contributed by atoms with Crippen molar-refractivity contribution in [1.82, 2.24) is 5.32 Å². The van der Waals surface area contributed by atoms with Crippen molar-refractivity contribution in [3.8, 4) is 0 Å². The summed E-state index contributed by atoms with van der Waals surface area (Å²) in [6.45, 7) is 3.81. The molecule has 1 atom stereocenters. The Balaban J connectivity index is 1.92. The van der Waals surface area contributed by atoms with Gasteiger partial charge in [-0.15, -0.1) is 0 Å². The monoisotopic (exact) mass is 183 g/mol. The Morgan fingerprint density at radius 3 is 2.54 bits per heavy atom. The second-order valence-corrected chi connectivity index (χ2v) is 4.51. The molecule has 1 aliphatic carbocycles. The van der Waals surface area contributed by atoms with Crippen LogP contribution in [0.15, 0.2) is 0 Å². The molecule has 74 valence electrons. The maximum absolute atomic E-state index is 5.88. The highest BCUT2D eigenvalue weighted by Crippen LogP contribution is 2.54. The van der Waals surface area contributed by atoms with Gasteiger partial charge in [0.05, 0.1) is 13.2 Å². The molecule has 0 aromatic rings. The highest BCUT2D eigenvalue weighted by Gasteiger charge is 2.59. The Morgan fingerprint density at radius 2 is 1.85 bits per heavy atom. The zero-order valence-corrected chi connectivity index (χ0v) is 7.97. The van der Waals surface area contributed by atoms with Gasteiger partial charge in [0, 0.05) is 18.4 Å². The molecule has 3 fully saturated rings. The average Bonchev–Trinajstić information content (AvgIpc) is 2.79. The highest BCUT2D eigenvalue weighted by molar-refractivity contribution is 5.05. The molecule has 1 saturated carbocycles. The molecule has 1 N–H and O–H groups in total.